The molecule has 0 saturated carbocycles. The lowest BCUT2D eigenvalue weighted by atomic mass is 10.2. The molecular weight excluding hydrogens is 280 g/mol. The standard InChI is InChI=1S/C15H22N6O/c1-11-6-17-13(7-16-11)8-21-5-4-14(9-21)20(3)10-15-18-12(2)22-19-15/h6-7,14H,4-5,8-10H2,1-3H3/t14-/m0/s1. The Kier molecular flexibility index (Phi) is 4.44. The van der Waals surface area contributed by atoms with Gasteiger partial charge < -0.3 is 4.52 Å². The van der Waals surface area contributed by atoms with Gasteiger partial charge in [0.25, 0.3) is 0 Å². The second kappa shape index (κ2) is 6.50. The second-order valence-electron chi connectivity index (χ2n) is 5.97. The van der Waals surface area contributed by atoms with Crippen LogP contribution < -0.4 is 0 Å². The minimum Gasteiger partial charge on any atom is -0.340 e. The van der Waals surface area contributed by atoms with Gasteiger partial charge in [-0.1, -0.05) is 5.16 Å². The molecule has 1 fully saturated rings. The Balaban J connectivity index is 1.52. The highest BCUT2D eigenvalue weighted by Crippen LogP contribution is 2.17. The number of rotatable bonds is 5. The van der Waals surface area contributed by atoms with Crippen molar-refractivity contribution in [2.45, 2.75) is 39.4 Å². The molecule has 1 aliphatic heterocycles. The van der Waals surface area contributed by atoms with Crippen LogP contribution in [-0.2, 0) is 13.1 Å². The van der Waals surface area contributed by atoms with Crippen LogP contribution in [0.1, 0.15) is 29.5 Å². The Bertz CT molecular complexity index is 611. The van der Waals surface area contributed by atoms with Gasteiger partial charge in [-0.25, -0.2) is 0 Å². The molecule has 3 rings (SSSR count). The third-order valence-corrected chi connectivity index (χ3v) is 4.05. The Labute approximate surface area is 130 Å². The first kappa shape index (κ1) is 15.1. The Morgan fingerprint density at radius 3 is 2.86 bits per heavy atom. The van der Waals surface area contributed by atoms with Crippen molar-refractivity contribution in [3.63, 3.8) is 0 Å². The van der Waals surface area contributed by atoms with Crippen molar-refractivity contribution < 1.29 is 4.52 Å². The van der Waals surface area contributed by atoms with Gasteiger partial charge in [0.2, 0.25) is 5.89 Å². The van der Waals surface area contributed by atoms with E-state index in [0.717, 1.165) is 49.8 Å². The third kappa shape index (κ3) is 3.66. The Morgan fingerprint density at radius 2 is 2.18 bits per heavy atom. The third-order valence-electron chi connectivity index (χ3n) is 4.05. The fraction of sp³-hybridized carbons (Fsp3) is 0.600. The zero-order valence-electron chi connectivity index (χ0n) is 13.4. The largest absolute Gasteiger partial charge is 0.340 e. The highest BCUT2D eigenvalue weighted by molar-refractivity contribution is 5.01. The molecule has 0 spiro atoms. The van der Waals surface area contributed by atoms with Gasteiger partial charge in [-0.2, -0.15) is 4.98 Å². The Hall–Kier alpha value is -1.86. The van der Waals surface area contributed by atoms with Crippen molar-refractivity contribution in [1.29, 1.82) is 0 Å². The summed E-state index contributed by atoms with van der Waals surface area (Å²) >= 11 is 0. The first-order valence-corrected chi connectivity index (χ1v) is 7.59. The molecule has 0 radical (unpaired) electrons. The van der Waals surface area contributed by atoms with E-state index in [4.69, 9.17) is 4.52 Å². The molecule has 3 heterocycles. The quantitative estimate of drug-likeness (QED) is 0.821. The first-order valence-electron chi connectivity index (χ1n) is 7.59. The van der Waals surface area contributed by atoms with Crippen LogP contribution in [0.2, 0.25) is 0 Å². The molecule has 1 aliphatic rings. The lowest BCUT2D eigenvalue weighted by molar-refractivity contribution is 0.215. The van der Waals surface area contributed by atoms with Crippen LogP contribution in [0, 0.1) is 13.8 Å². The van der Waals surface area contributed by atoms with Gasteiger partial charge in [0.15, 0.2) is 5.82 Å². The summed E-state index contributed by atoms with van der Waals surface area (Å²) in [4.78, 5) is 17.7. The number of nitrogens with zero attached hydrogens (tertiary/aromatic N) is 6. The van der Waals surface area contributed by atoms with E-state index in [1.807, 2.05) is 26.2 Å². The minimum absolute atomic E-state index is 0.511. The van der Waals surface area contributed by atoms with Crippen molar-refractivity contribution >= 4 is 0 Å². The number of likely N-dealkylation sites (tertiary alicyclic amines) is 1. The van der Waals surface area contributed by atoms with Crippen LogP contribution in [0.5, 0.6) is 0 Å². The van der Waals surface area contributed by atoms with Gasteiger partial charge in [0.1, 0.15) is 0 Å². The molecule has 2 aromatic heterocycles. The van der Waals surface area contributed by atoms with E-state index in [2.05, 4.69) is 37.0 Å². The average Bonchev–Trinajstić information content (AvgIpc) is 3.11. The van der Waals surface area contributed by atoms with Crippen LogP contribution >= 0.6 is 0 Å². The summed E-state index contributed by atoms with van der Waals surface area (Å²) in [5, 5.41) is 3.96. The molecule has 118 valence electrons. The van der Waals surface area contributed by atoms with Crippen LogP contribution in [-0.4, -0.2) is 56.1 Å². The molecule has 7 heteroatoms. The molecule has 22 heavy (non-hydrogen) atoms. The second-order valence-corrected chi connectivity index (χ2v) is 5.97. The van der Waals surface area contributed by atoms with E-state index >= 15 is 0 Å². The number of aryl methyl sites for hydroxylation is 2. The van der Waals surface area contributed by atoms with E-state index in [-0.39, 0.29) is 0 Å². The van der Waals surface area contributed by atoms with Crippen molar-refractivity contribution in [1.82, 2.24) is 29.9 Å². The lowest BCUT2D eigenvalue weighted by Gasteiger charge is -2.23. The molecule has 0 amide bonds. The van der Waals surface area contributed by atoms with Crippen molar-refractivity contribution in [2.24, 2.45) is 0 Å². The molecule has 0 bridgehead atoms. The zero-order valence-corrected chi connectivity index (χ0v) is 13.4. The monoisotopic (exact) mass is 302 g/mol. The van der Waals surface area contributed by atoms with E-state index in [9.17, 15) is 0 Å². The van der Waals surface area contributed by atoms with Crippen molar-refractivity contribution in [3.05, 3.63) is 35.5 Å². The summed E-state index contributed by atoms with van der Waals surface area (Å²) in [6.45, 7) is 7.46. The summed E-state index contributed by atoms with van der Waals surface area (Å²) in [5.74, 6) is 1.37. The molecule has 0 aliphatic carbocycles. The fourth-order valence-electron chi connectivity index (χ4n) is 2.80. The first-order chi connectivity index (χ1) is 10.6. The fourth-order valence-corrected chi connectivity index (χ4v) is 2.80. The lowest BCUT2D eigenvalue weighted by Crippen LogP contribution is -2.34. The normalized spacial score (nSPS) is 19.2. The molecule has 2 aromatic rings. The highest BCUT2D eigenvalue weighted by Gasteiger charge is 2.26. The van der Waals surface area contributed by atoms with Gasteiger partial charge in [-0.05, 0) is 20.4 Å². The summed E-state index contributed by atoms with van der Waals surface area (Å²) in [6.07, 6.45) is 4.84. The van der Waals surface area contributed by atoms with Gasteiger partial charge >= 0.3 is 0 Å². The van der Waals surface area contributed by atoms with Crippen LogP contribution in [0.25, 0.3) is 0 Å². The average molecular weight is 302 g/mol. The molecule has 0 unspecified atom stereocenters. The van der Waals surface area contributed by atoms with E-state index in [0.29, 0.717) is 11.9 Å². The summed E-state index contributed by atoms with van der Waals surface area (Å²) in [6, 6.07) is 0.511. The van der Waals surface area contributed by atoms with Crippen LogP contribution in [0.3, 0.4) is 0 Å². The summed E-state index contributed by atoms with van der Waals surface area (Å²) in [5.41, 5.74) is 1.99. The van der Waals surface area contributed by atoms with E-state index in [1.54, 1.807) is 0 Å². The van der Waals surface area contributed by atoms with Gasteiger partial charge in [-0.15, -0.1) is 0 Å². The van der Waals surface area contributed by atoms with Crippen LogP contribution in [0.4, 0.5) is 0 Å². The zero-order chi connectivity index (χ0) is 15.5. The predicted molar refractivity (Wildman–Crippen MR) is 81.0 cm³/mol. The van der Waals surface area contributed by atoms with E-state index in [1.165, 1.54) is 0 Å². The summed E-state index contributed by atoms with van der Waals surface area (Å²) in [7, 11) is 2.12. The summed E-state index contributed by atoms with van der Waals surface area (Å²) < 4.78 is 5.02. The maximum atomic E-state index is 5.02. The number of hydrogen-bond acceptors (Lipinski definition) is 7. The van der Waals surface area contributed by atoms with Gasteiger partial charge in [-0.3, -0.25) is 19.8 Å². The van der Waals surface area contributed by atoms with E-state index < -0.39 is 0 Å². The maximum Gasteiger partial charge on any atom is 0.223 e. The molecule has 0 aromatic carbocycles. The maximum absolute atomic E-state index is 5.02. The predicted octanol–water partition coefficient (Wildman–Crippen LogP) is 1.18. The van der Waals surface area contributed by atoms with Gasteiger partial charge in [0.05, 0.1) is 17.9 Å². The number of aromatic nitrogens is 4. The van der Waals surface area contributed by atoms with Crippen molar-refractivity contribution in [2.75, 3.05) is 20.1 Å². The Morgan fingerprint density at radius 1 is 1.32 bits per heavy atom. The minimum atomic E-state index is 0.511. The smallest absolute Gasteiger partial charge is 0.223 e. The topological polar surface area (TPSA) is 71.2 Å². The SMILES string of the molecule is Cc1cnc(CN2CC[C@H](N(C)Cc3noc(C)n3)C2)cn1. The number of likely N-dealkylation sites (N-methyl/N-ethyl adjacent to an activating group) is 1. The number of hydrogen-bond donors (Lipinski definition) is 0. The highest BCUT2D eigenvalue weighted by atomic mass is 16.5. The molecule has 1 atom stereocenters. The molecule has 0 N–H and O–H groups in total. The van der Waals surface area contributed by atoms with Gasteiger partial charge in [0, 0.05) is 45.0 Å². The van der Waals surface area contributed by atoms with Crippen molar-refractivity contribution in [3.8, 4) is 0 Å². The molecule has 7 nitrogen and oxygen atoms in total. The molecule has 1 saturated heterocycles. The molecular formula is C15H22N6O. The van der Waals surface area contributed by atoms with Crippen LogP contribution in [0.15, 0.2) is 16.9 Å².